The summed E-state index contributed by atoms with van der Waals surface area (Å²) in [6, 6.07) is 0. The minimum atomic E-state index is -0.640. The number of alkyl carbamates (subject to hydrolysis) is 1. The van der Waals surface area contributed by atoms with Gasteiger partial charge in [-0.1, -0.05) is 87.0 Å². The Labute approximate surface area is 259 Å². The summed E-state index contributed by atoms with van der Waals surface area (Å²) in [6.07, 6.45) is 10.4. The molecule has 248 valence electrons. The number of hydrogen-bond donors (Lipinski definition) is 1. The zero-order chi connectivity index (χ0) is 32.6. The number of ether oxygens (including phenoxy) is 3. The molecule has 1 N–H and O–H groups in total. The van der Waals surface area contributed by atoms with E-state index in [1.54, 1.807) is 0 Å². The van der Waals surface area contributed by atoms with Crippen molar-refractivity contribution in [3.8, 4) is 0 Å². The largest absolute Gasteiger partial charge is 0.463 e. The first-order valence-corrected chi connectivity index (χ1v) is 16.7. The van der Waals surface area contributed by atoms with Crippen molar-refractivity contribution >= 4 is 18.0 Å². The zero-order valence-electron chi connectivity index (χ0n) is 29.5. The van der Waals surface area contributed by atoms with Crippen LogP contribution in [0.3, 0.4) is 0 Å². The first-order valence-electron chi connectivity index (χ1n) is 16.7. The highest BCUT2D eigenvalue weighted by molar-refractivity contribution is 5.77. The molecule has 0 radical (unpaired) electrons. The van der Waals surface area contributed by atoms with Crippen molar-refractivity contribution in [1.29, 1.82) is 0 Å². The van der Waals surface area contributed by atoms with Gasteiger partial charge in [0.05, 0.1) is 12.0 Å². The molecule has 0 fully saturated rings. The fourth-order valence-electron chi connectivity index (χ4n) is 5.47. The van der Waals surface area contributed by atoms with Gasteiger partial charge in [-0.3, -0.25) is 9.59 Å². The smallest absolute Gasteiger partial charge is 0.407 e. The summed E-state index contributed by atoms with van der Waals surface area (Å²) in [5.41, 5.74) is -1.62. The summed E-state index contributed by atoms with van der Waals surface area (Å²) in [6.45, 7) is 25.1. The van der Waals surface area contributed by atoms with Gasteiger partial charge < -0.3 is 19.5 Å². The molecule has 0 aliphatic carbocycles. The average Bonchev–Trinajstić information content (AvgIpc) is 2.87. The van der Waals surface area contributed by atoms with Crippen LogP contribution in [0.4, 0.5) is 4.79 Å². The molecule has 0 aromatic heterocycles. The van der Waals surface area contributed by atoms with Crippen LogP contribution in [0.5, 0.6) is 0 Å². The molecule has 0 aromatic rings. The predicted octanol–water partition coefficient (Wildman–Crippen LogP) is 9.40. The highest BCUT2D eigenvalue weighted by Crippen LogP contribution is 2.42. The number of unbranched alkanes of at least 4 members (excludes halogenated alkanes) is 3. The molecule has 2 unspecified atom stereocenters. The molecule has 42 heavy (non-hydrogen) atoms. The SMILES string of the molecule is CCCCC(CC)CC(C)(C)OC(=O)CCCCCC(C)(C)OC(=O)NCCOC(=O)C(C)(CC(C)(C)CC)C(C)C. The second-order valence-corrected chi connectivity index (χ2v) is 14.9. The normalized spacial score (nSPS) is 14.7. The molecule has 0 spiro atoms. The Balaban J connectivity index is 4.38. The standard InChI is InChI=1S/C35H67NO6/c1-13-16-20-28(14-2)25-34(10,11)41-29(37)21-18-17-19-22-33(8,9)42-31(39)36-23-24-40-30(38)35(12,27(4)5)26-32(6,7)15-3/h27-28H,13-26H2,1-12H3,(H,36,39). The maximum absolute atomic E-state index is 12.9. The second kappa shape index (κ2) is 18.8. The fourth-order valence-corrected chi connectivity index (χ4v) is 5.47. The second-order valence-electron chi connectivity index (χ2n) is 14.9. The molecule has 0 heterocycles. The van der Waals surface area contributed by atoms with Gasteiger partial charge in [0.1, 0.15) is 17.8 Å². The van der Waals surface area contributed by atoms with Crippen LogP contribution in [-0.2, 0) is 23.8 Å². The minimum absolute atomic E-state index is 0.0396. The van der Waals surface area contributed by atoms with E-state index in [0.717, 1.165) is 44.9 Å². The molecule has 0 aromatic carbocycles. The monoisotopic (exact) mass is 597 g/mol. The van der Waals surface area contributed by atoms with Crippen LogP contribution < -0.4 is 5.32 Å². The predicted molar refractivity (Wildman–Crippen MR) is 172 cm³/mol. The molecular weight excluding hydrogens is 530 g/mol. The Morgan fingerprint density at radius 1 is 0.810 bits per heavy atom. The van der Waals surface area contributed by atoms with E-state index in [1.165, 1.54) is 19.3 Å². The van der Waals surface area contributed by atoms with Gasteiger partial charge >= 0.3 is 18.0 Å². The molecule has 0 saturated heterocycles. The number of amides is 1. The number of carbonyl (C=O) groups is 3. The summed E-state index contributed by atoms with van der Waals surface area (Å²) < 4.78 is 17.0. The zero-order valence-corrected chi connectivity index (χ0v) is 29.5. The number of hydrogen-bond acceptors (Lipinski definition) is 6. The third-order valence-electron chi connectivity index (χ3n) is 8.89. The molecule has 0 rings (SSSR count). The molecule has 7 nitrogen and oxygen atoms in total. The highest BCUT2D eigenvalue weighted by atomic mass is 16.6. The third-order valence-corrected chi connectivity index (χ3v) is 8.89. The first kappa shape index (κ1) is 40.2. The van der Waals surface area contributed by atoms with Crippen LogP contribution in [0.1, 0.15) is 160 Å². The van der Waals surface area contributed by atoms with E-state index >= 15 is 0 Å². The Bertz CT molecular complexity index is 803. The first-order chi connectivity index (χ1) is 19.3. The minimum Gasteiger partial charge on any atom is -0.463 e. The van der Waals surface area contributed by atoms with Gasteiger partial charge in [0.2, 0.25) is 0 Å². The molecule has 1 amide bonds. The topological polar surface area (TPSA) is 90.9 Å². The number of esters is 2. The van der Waals surface area contributed by atoms with E-state index in [-0.39, 0.29) is 36.4 Å². The van der Waals surface area contributed by atoms with Crippen molar-refractivity contribution < 1.29 is 28.6 Å². The Morgan fingerprint density at radius 3 is 2.00 bits per heavy atom. The molecule has 0 bridgehead atoms. The van der Waals surface area contributed by atoms with Gasteiger partial charge in [-0.15, -0.1) is 0 Å². The van der Waals surface area contributed by atoms with Crippen molar-refractivity contribution in [2.75, 3.05) is 13.2 Å². The van der Waals surface area contributed by atoms with E-state index in [1.807, 2.05) is 34.6 Å². The van der Waals surface area contributed by atoms with Crippen LogP contribution in [0, 0.1) is 22.7 Å². The van der Waals surface area contributed by atoms with Gasteiger partial charge in [-0.25, -0.2) is 4.79 Å². The van der Waals surface area contributed by atoms with Gasteiger partial charge in [0.15, 0.2) is 0 Å². The Kier molecular flexibility index (Phi) is 18.0. The van der Waals surface area contributed by atoms with Crippen LogP contribution in [0.15, 0.2) is 0 Å². The lowest BCUT2D eigenvalue weighted by molar-refractivity contribution is -0.160. The lowest BCUT2D eigenvalue weighted by atomic mass is 9.67. The molecule has 2 atom stereocenters. The number of rotatable bonds is 22. The van der Waals surface area contributed by atoms with Gasteiger partial charge in [-0.2, -0.15) is 0 Å². The van der Waals surface area contributed by atoms with Crippen molar-refractivity contribution in [2.45, 2.75) is 171 Å². The van der Waals surface area contributed by atoms with E-state index in [0.29, 0.717) is 18.8 Å². The van der Waals surface area contributed by atoms with Crippen molar-refractivity contribution in [3.63, 3.8) is 0 Å². The summed E-state index contributed by atoms with van der Waals surface area (Å²) in [7, 11) is 0. The van der Waals surface area contributed by atoms with Gasteiger partial charge in [0.25, 0.3) is 0 Å². The Morgan fingerprint density at radius 2 is 1.45 bits per heavy atom. The molecule has 0 saturated carbocycles. The fraction of sp³-hybridized carbons (Fsp3) is 0.914. The van der Waals surface area contributed by atoms with E-state index in [9.17, 15) is 14.4 Å². The average molecular weight is 598 g/mol. The van der Waals surface area contributed by atoms with Crippen LogP contribution in [0.2, 0.25) is 0 Å². The summed E-state index contributed by atoms with van der Waals surface area (Å²) >= 11 is 0. The summed E-state index contributed by atoms with van der Waals surface area (Å²) in [4.78, 5) is 37.8. The molecule has 7 heteroatoms. The number of nitrogens with one attached hydrogen (secondary N) is 1. The van der Waals surface area contributed by atoms with Crippen LogP contribution >= 0.6 is 0 Å². The lowest BCUT2D eigenvalue weighted by Crippen LogP contribution is -2.40. The maximum atomic E-state index is 12.9. The molecule has 0 aliphatic heterocycles. The molecular formula is C35H67NO6. The van der Waals surface area contributed by atoms with E-state index in [4.69, 9.17) is 14.2 Å². The summed E-state index contributed by atoms with van der Waals surface area (Å²) in [5.74, 6) is 0.370. The Hall–Kier alpha value is -1.79. The van der Waals surface area contributed by atoms with Crippen molar-refractivity contribution in [2.24, 2.45) is 22.7 Å². The lowest BCUT2D eigenvalue weighted by Gasteiger charge is -2.38. The van der Waals surface area contributed by atoms with Gasteiger partial charge in [0, 0.05) is 6.42 Å². The number of carbonyl (C=O) groups excluding carboxylic acids is 3. The maximum Gasteiger partial charge on any atom is 0.407 e. The third kappa shape index (κ3) is 16.7. The van der Waals surface area contributed by atoms with Crippen LogP contribution in [-0.4, -0.2) is 42.4 Å². The highest BCUT2D eigenvalue weighted by Gasteiger charge is 2.42. The molecule has 0 aliphatic rings. The van der Waals surface area contributed by atoms with Crippen LogP contribution in [0.25, 0.3) is 0 Å². The van der Waals surface area contributed by atoms with E-state index < -0.39 is 22.7 Å². The van der Waals surface area contributed by atoms with E-state index in [2.05, 4.69) is 53.8 Å². The van der Waals surface area contributed by atoms with Gasteiger partial charge in [-0.05, 0) is 84.0 Å². The quantitative estimate of drug-likeness (QED) is 0.0759. The van der Waals surface area contributed by atoms with Crippen molar-refractivity contribution in [1.82, 2.24) is 5.32 Å². The van der Waals surface area contributed by atoms with Crippen molar-refractivity contribution in [3.05, 3.63) is 0 Å². The summed E-state index contributed by atoms with van der Waals surface area (Å²) in [5, 5.41) is 2.70.